The fourth-order valence-electron chi connectivity index (χ4n) is 3.17. The van der Waals surface area contributed by atoms with Crippen LogP contribution in [0, 0.1) is 0 Å². The van der Waals surface area contributed by atoms with Crippen LogP contribution in [-0.4, -0.2) is 40.9 Å². The van der Waals surface area contributed by atoms with Crippen molar-refractivity contribution in [2.75, 3.05) is 5.75 Å². The van der Waals surface area contributed by atoms with Crippen molar-refractivity contribution >= 4 is 22.1 Å². The summed E-state index contributed by atoms with van der Waals surface area (Å²) in [6.07, 6.45) is 12.1. The Morgan fingerprint density at radius 1 is 0.690 bits per heavy atom. The maximum atomic E-state index is 11.4. The van der Waals surface area contributed by atoms with Crippen LogP contribution in [0.1, 0.15) is 98.2 Å². The topological polar surface area (TPSA) is 129 Å². The third-order valence-electron chi connectivity index (χ3n) is 4.74. The second-order valence-electron chi connectivity index (χ2n) is 7.24. The molecule has 0 fully saturated rings. The number of carbonyl (C=O) groups is 2. The average Bonchev–Trinajstić information content (AvgIpc) is 2.59. The minimum atomic E-state index is -4.19. The summed E-state index contributed by atoms with van der Waals surface area (Å²) in [5.74, 6) is -3.22. The van der Waals surface area contributed by atoms with E-state index in [0.29, 0.717) is 6.42 Å². The predicted molar refractivity (Wildman–Crippen MR) is 110 cm³/mol. The van der Waals surface area contributed by atoms with Gasteiger partial charge < -0.3 is 11.6 Å². The molecule has 7 nitrogen and oxygen atoms in total. The van der Waals surface area contributed by atoms with E-state index in [0.717, 1.165) is 19.3 Å². The van der Waals surface area contributed by atoms with Gasteiger partial charge in [0.15, 0.2) is 0 Å². The molecule has 0 amide bonds. The molecule has 0 radical (unpaired) electrons. The van der Waals surface area contributed by atoms with Gasteiger partial charge in [-0.05, 0) is 25.7 Å². The summed E-state index contributed by atoms with van der Waals surface area (Å²) in [6, 6.07) is 0. The zero-order chi connectivity index (χ0) is 21.4. The van der Waals surface area contributed by atoms with Gasteiger partial charge in [-0.2, -0.15) is 8.42 Å². The van der Waals surface area contributed by atoms with E-state index in [1.165, 1.54) is 44.9 Å². The van der Waals surface area contributed by atoms with Crippen LogP contribution in [0.15, 0.2) is 11.1 Å². The van der Waals surface area contributed by atoms with Gasteiger partial charge in [-0.1, -0.05) is 71.1 Å². The number of carboxylic acids is 2. The molecule has 0 aliphatic rings. The summed E-state index contributed by atoms with van der Waals surface area (Å²) >= 11 is 0. The van der Waals surface area contributed by atoms with Crippen molar-refractivity contribution in [3.8, 4) is 0 Å². The Labute approximate surface area is 198 Å². The Hall–Kier alpha value is -0.410. The molecule has 0 heterocycles. The van der Waals surface area contributed by atoms with E-state index < -0.39 is 27.8 Å². The Morgan fingerprint density at radius 2 is 1.03 bits per heavy atom. The standard InChI is InChI=1S/C20H36O7S.Na.H/c1-2-3-4-5-6-7-8-9-10-11-12-14-17(19(21)22)18(20(23)24)15-13-16-28(25,26)27;;/h2-16H2,1H3,(H,21,22)(H,23,24)(H,25,26,27);;/q;+1;-1/b18-17-;;. The van der Waals surface area contributed by atoms with E-state index in [1.807, 2.05) is 0 Å². The molecule has 0 aliphatic heterocycles. The minimum Gasteiger partial charge on any atom is -1.00 e. The van der Waals surface area contributed by atoms with Crippen molar-refractivity contribution < 1.29 is 63.8 Å². The number of aliphatic carboxylic acids is 2. The summed E-state index contributed by atoms with van der Waals surface area (Å²) in [5, 5.41) is 18.6. The molecule has 0 bridgehead atoms. The van der Waals surface area contributed by atoms with Gasteiger partial charge in [0.25, 0.3) is 10.1 Å². The Bertz CT molecular complexity index is 606. The van der Waals surface area contributed by atoms with Gasteiger partial charge in [-0.3, -0.25) is 4.55 Å². The molecule has 0 rings (SSSR count). The molecule has 9 heteroatoms. The molecule has 0 unspecified atom stereocenters. The van der Waals surface area contributed by atoms with E-state index in [-0.39, 0.29) is 61.4 Å². The number of hydrogen-bond donors (Lipinski definition) is 3. The van der Waals surface area contributed by atoms with Crippen LogP contribution in [0.2, 0.25) is 0 Å². The maximum Gasteiger partial charge on any atom is 1.00 e. The quantitative estimate of drug-likeness (QED) is 0.127. The van der Waals surface area contributed by atoms with Crippen LogP contribution in [0.5, 0.6) is 0 Å². The summed E-state index contributed by atoms with van der Waals surface area (Å²) in [4.78, 5) is 22.8. The molecular formula is C20H37NaO7S. The van der Waals surface area contributed by atoms with Crippen molar-refractivity contribution in [2.45, 2.75) is 96.8 Å². The van der Waals surface area contributed by atoms with E-state index in [2.05, 4.69) is 6.92 Å². The van der Waals surface area contributed by atoms with E-state index >= 15 is 0 Å². The maximum absolute atomic E-state index is 11.4. The summed E-state index contributed by atoms with van der Waals surface area (Å²) in [5.41, 5.74) is -0.443. The molecule has 0 atom stereocenters. The predicted octanol–water partition coefficient (Wildman–Crippen LogP) is 1.94. The van der Waals surface area contributed by atoms with Crippen LogP contribution < -0.4 is 29.6 Å². The smallest absolute Gasteiger partial charge is 1.00 e. The Morgan fingerprint density at radius 3 is 1.38 bits per heavy atom. The normalized spacial score (nSPS) is 12.2. The second-order valence-corrected chi connectivity index (χ2v) is 8.81. The summed E-state index contributed by atoms with van der Waals surface area (Å²) in [6.45, 7) is 2.20. The molecule has 0 saturated carbocycles. The van der Waals surface area contributed by atoms with Crippen molar-refractivity contribution in [3.05, 3.63) is 11.1 Å². The number of carboxylic acid groups (broad SMARTS) is 2. The zero-order valence-electron chi connectivity index (χ0n) is 19.0. The first-order valence-electron chi connectivity index (χ1n) is 10.3. The molecule has 29 heavy (non-hydrogen) atoms. The average molecular weight is 445 g/mol. The van der Waals surface area contributed by atoms with Gasteiger partial charge in [0, 0.05) is 11.1 Å². The first-order chi connectivity index (χ1) is 13.2. The van der Waals surface area contributed by atoms with Crippen LogP contribution in [-0.2, 0) is 19.7 Å². The van der Waals surface area contributed by atoms with Crippen LogP contribution in [0.3, 0.4) is 0 Å². The molecule has 166 valence electrons. The SMILES string of the molecule is CCCCCCCCCCCCC/C(C(=O)O)=C(\CCCS(=O)(=O)O)C(=O)O.[H-].[Na+]. The monoisotopic (exact) mass is 444 g/mol. The largest absolute Gasteiger partial charge is 1.00 e. The number of rotatable bonds is 18. The summed E-state index contributed by atoms with van der Waals surface area (Å²) < 4.78 is 30.2. The Kier molecular flexibility index (Phi) is 19.5. The van der Waals surface area contributed by atoms with Gasteiger partial charge >= 0.3 is 41.5 Å². The van der Waals surface area contributed by atoms with Crippen molar-refractivity contribution in [1.82, 2.24) is 0 Å². The third kappa shape index (κ3) is 18.1. The van der Waals surface area contributed by atoms with Crippen molar-refractivity contribution in [3.63, 3.8) is 0 Å². The Balaban J connectivity index is -0.00000364. The van der Waals surface area contributed by atoms with E-state index in [4.69, 9.17) is 4.55 Å². The van der Waals surface area contributed by atoms with Gasteiger partial charge in [-0.25, -0.2) is 9.59 Å². The van der Waals surface area contributed by atoms with Crippen molar-refractivity contribution in [2.24, 2.45) is 0 Å². The molecule has 0 aliphatic carbocycles. The van der Waals surface area contributed by atoms with E-state index in [9.17, 15) is 28.2 Å². The molecule has 3 N–H and O–H groups in total. The summed E-state index contributed by atoms with van der Waals surface area (Å²) in [7, 11) is -4.19. The fraction of sp³-hybridized carbons (Fsp3) is 0.800. The third-order valence-corrected chi connectivity index (χ3v) is 5.54. The number of unbranched alkanes of at least 4 members (excludes halogenated alkanes) is 10. The molecular weight excluding hydrogens is 407 g/mol. The first kappa shape index (κ1) is 30.8. The second kappa shape index (κ2) is 18.4. The minimum absolute atomic E-state index is 0. The van der Waals surface area contributed by atoms with Crippen molar-refractivity contribution in [1.29, 1.82) is 0 Å². The number of hydrogen-bond acceptors (Lipinski definition) is 4. The van der Waals surface area contributed by atoms with Gasteiger partial charge in [0.2, 0.25) is 0 Å². The van der Waals surface area contributed by atoms with Crippen LogP contribution in [0.25, 0.3) is 0 Å². The molecule has 0 saturated heterocycles. The van der Waals surface area contributed by atoms with Crippen LogP contribution in [0.4, 0.5) is 0 Å². The van der Waals surface area contributed by atoms with E-state index in [1.54, 1.807) is 0 Å². The fourth-order valence-corrected chi connectivity index (χ4v) is 3.68. The first-order valence-corrected chi connectivity index (χ1v) is 11.9. The zero-order valence-corrected chi connectivity index (χ0v) is 20.8. The van der Waals surface area contributed by atoms with Crippen LogP contribution >= 0.6 is 0 Å². The van der Waals surface area contributed by atoms with Gasteiger partial charge in [-0.15, -0.1) is 0 Å². The molecule has 0 spiro atoms. The van der Waals surface area contributed by atoms with Gasteiger partial charge in [0.05, 0.1) is 5.75 Å². The molecule has 0 aromatic rings. The van der Waals surface area contributed by atoms with Gasteiger partial charge in [0.1, 0.15) is 0 Å². The molecule has 0 aromatic carbocycles. The molecule has 0 aromatic heterocycles.